The lowest BCUT2D eigenvalue weighted by atomic mass is 9.79. The topological polar surface area (TPSA) is 0 Å². The standard InChI is InChI=1S/C72H60/c1-70(2)64-18-12-10-16-58(64)61-39-34-54(43-67(61)70)52-30-32-53(33-31-52)57(56-36-41-62-59-17-11-13-19-65(59)71(3,4)69(62)45-56)37-20-46-21-38-60-63-40-35-55(44-68(63)72(5,6)66(60)42-46)51-28-26-50(27-29-51)49-24-22-48(23-25-49)47-14-8-7-9-15-47/h7-19,21-36,38-45,57H,20,37H2,1-6H3. The monoisotopic (exact) mass is 924 g/mol. The Balaban J connectivity index is 0.784. The molecule has 0 aliphatic heterocycles. The molecule has 0 nitrogen and oxygen atoms in total. The van der Waals surface area contributed by atoms with Crippen molar-refractivity contribution >= 4 is 0 Å². The highest BCUT2D eigenvalue weighted by Crippen LogP contribution is 2.53. The highest BCUT2D eigenvalue weighted by molar-refractivity contribution is 5.86. The SMILES string of the molecule is CC1(C)c2ccccc2-c2ccc(-c3ccc(C(CCc4ccc5c(c4)C(C)(C)c4cc(-c6ccc(-c7ccc(-c8ccccc8)cc7)cc6)ccc4-5)c4ccc5c(c4)C(C)(C)c4ccccc4-5)cc3)cc21. The molecule has 0 N–H and O–H groups in total. The van der Waals surface area contributed by atoms with Crippen LogP contribution < -0.4 is 0 Å². The van der Waals surface area contributed by atoms with Crippen molar-refractivity contribution in [2.24, 2.45) is 0 Å². The number of hydrogen-bond donors (Lipinski definition) is 0. The summed E-state index contributed by atoms with van der Waals surface area (Å²) in [6, 6.07) is 85.1. The van der Waals surface area contributed by atoms with Crippen LogP contribution in [-0.4, -0.2) is 0 Å². The van der Waals surface area contributed by atoms with Gasteiger partial charge in [-0.05, 0) is 153 Å². The maximum atomic E-state index is 2.55. The Morgan fingerprint density at radius 1 is 0.264 bits per heavy atom. The van der Waals surface area contributed by atoms with E-state index in [-0.39, 0.29) is 22.2 Å². The van der Waals surface area contributed by atoms with Crippen LogP contribution in [0, 0.1) is 0 Å². The number of aryl methyl sites for hydroxylation is 1. The third kappa shape index (κ3) is 7.10. The summed E-state index contributed by atoms with van der Waals surface area (Å²) in [7, 11) is 0. The van der Waals surface area contributed by atoms with Gasteiger partial charge in [-0.2, -0.15) is 0 Å². The Morgan fingerprint density at radius 3 is 1.11 bits per heavy atom. The number of benzene rings is 10. The first-order valence-corrected chi connectivity index (χ1v) is 26.1. The molecule has 0 aromatic heterocycles. The van der Waals surface area contributed by atoms with Gasteiger partial charge < -0.3 is 0 Å². The molecule has 0 fully saturated rings. The first-order chi connectivity index (χ1) is 34.9. The third-order valence-electron chi connectivity index (χ3n) is 17.2. The van der Waals surface area contributed by atoms with Gasteiger partial charge in [-0.25, -0.2) is 0 Å². The molecule has 3 aliphatic rings. The van der Waals surface area contributed by atoms with Crippen molar-refractivity contribution in [2.75, 3.05) is 0 Å². The Bertz CT molecular complexity index is 3730. The van der Waals surface area contributed by atoms with E-state index in [0.717, 1.165) is 12.8 Å². The predicted molar refractivity (Wildman–Crippen MR) is 304 cm³/mol. The summed E-state index contributed by atoms with van der Waals surface area (Å²) in [5, 5.41) is 0. The van der Waals surface area contributed by atoms with E-state index >= 15 is 0 Å². The van der Waals surface area contributed by atoms with Crippen LogP contribution >= 0.6 is 0 Å². The summed E-state index contributed by atoms with van der Waals surface area (Å²) in [4.78, 5) is 0. The second-order valence-corrected chi connectivity index (χ2v) is 22.4. The van der Waals surface area contributed by atoms with Crippen molar-refractivity contribution in [3.63, 3.8) is 0 Å². The fraction of sp³-hybridized carbons (Fsp3) is 0.167. The van der Waals surface area contributed by atoms with Gasteiger partial charge in [0.2, 0.25) is 0 Å². The molecule has 0 saturated heterocycles. The van der Waals surface area contributed by atoms with E-state index < -0.39 is 0 Å². The first kappa shape index (κ1) is 44.2. The summed E-state index contributed by atoms with van der Waals surface area (Å²) in [5.41, 5.74) is 30.7. The van der Waals surface area contributed by atoms with Crippen LogP contribution in [-0.2, 0) is 22.7 Å². The molecule has 72 heavy (non-hydrogen) atoms. The highest BCUT2D eigenvalue weighted by atomic mass is 14.4. The summed E-state index contributed by atoms with van der Waals surface area (Å²) >= 11 is 0. The number of fused-ring (bicyclic) bond motifs is 9. The van der Waals surface area contributed by atoms with Gasteiger partial charge in [0.25, 0.3) is 0 Å². The predicted octanol–water partition coefficient (Wildman–Crippen LogP) is 19.0. The van der Waals surface area contributed by atoms with E-state index in [9.17, 15) is 0 Å². The van der Waals surface area contributed by atoms with Crippen LogP contribution in [0.3, 0.4) is 0 Å². The molecule has 3 aliphatic carbocycles. The smallest absolute Gasteiger partial charge is 0.0159 e. The van der Waals surface area contributed by atoms with Gasteiger partial charge >= 0.3 is 0 Å². The van der Waals surface area contributed by atoms with Crippen LogP contribution in [0.1, 0.15) is 104 Å². The minimum atomic E-state index is -0.123. The lowest BCUT2D eigenvalue weighted by Gasteiger charge is -2.25. The summed E-state index contributed by atoms with van der Waals surface area (Å²) < 4.78 is 0. The number of hydrogen-bond acceptors (Lipinski definition) is 0. The fourth-order valence-electron chi connectivity index (χ4n) is 13.0. The maximum Gasteiger partial charge on any atom is 0.0159 e. The van der Waals surface area contributed by atoms with Gasteiger partial charge in [0, 0.05) is 22.2 Å². The fourth-order valence-corrected chi connectivity index (χ4v) is 13.0. The zero-order valence-electron chi connectivity index (χ0n) is 42.4. The largest absolute Gasteiger partial charge is 0.0622 e. The van der Waals surface area contributed by atoms with Gasteiger partial charge in [0.1, 0.15) is 0 Å². The Labute approximate surface area is 426 Å². The van der Waals surface area contributed by atoms with Gasteiger partial charge in [-0.1, -0.05) is 254 Å². The quantitative estimate of drug-likeness (QED) is 0.135. The summed E-state index contributed by atoms with van der Waals surface area (Å²) in [6.45, 7) is 14.4. The van der Waals surface area contributed by atoms with Gasteiger partial charge in [0.05, 0.1) is 0 Å². The maximum absolute atomic E-state index is 2.55. The molecule has 0 heteroatoms. The minimum Gasteiger partial charge on any atom is -0.0622 e. The van der Waals surface area contributed by atoms with Crippen LogP contribution in [0.4, 0.5) is 0 Å². The second-order valence-electron chi connectivity index (χ2n) is 22.4. The molecule has 0 spiro atoms. The Kier molecular flexibility index (Phi) is 10.2. The first-order valence-electron chi connectivity index (χ1n) is 26.1. The summed E-state index contributed by atoms with van der Waals surface area (Å²) in [5.74, 6) is 0.235. The lowest BCUT2D eigenvalue weighted by Crippen LogP contribution is -2.16. The molecule has 0 amide bonds. The van der Waals surface area contributed by atoms with Crippen LogP contribution in [0.5, 0.6) is 0 Å². The Hall–Kier alpha value is -7.80. The van der Waals surface area contributed by atoms with Crippen LogP contribution in [0.15, 0.2) is 224 Å². The van der Waals surface area contributed by atoms with Crippen LogP contribution in [0.2, 0.25) is 0 Å². The zero-order chi connectivity index (χ0) is 48.9. The van der Waals surface area contributed by atoms with E-state index in [4.69, 9.17) is 0 Å². The van der Waals surface area contributed by atoms with E-state index in [2.05, 4.69) is 266 Å². The van der Waals surface area contributed by atoms with Crippen molar-refractivity contribution in [3.05, 3.63) is 275 Å². The van der Waals surface area contributed by atoms with Crippen LogP contribution in [0.25, 0.3) is 77.9 Å². The zero-order valence-corrected chi connectivity index (χ0v) is 42.4. The average Bonchev–Trinajstić information content (AvgIpc) is 3.90. The van der Waals surface area contributed by atoms with E-state index in [1.165, 1.54) is 128 Å². The molecule has 0 heterocycles. The van der Waals surface area contributed by atoms with Gasteiger partial charge in [0.15, 0.2) is 0 Å². The molecule has 10 aromatic carbocycles. The molecule has 10 aromatic rings. The molecule has 13 rings (SSSR count). The highest BCUT2D eigenvalue weighted by Gasteiger charge is 2.38. The second kappa shape index (κ2) is 16.6. The molecule has 348 valence electrons. The lowest BCUT2D eigenvalue weighted by molar-refractivity contribution is 0.652. The molecule has 1 atom stereocenters. The van der Waals surface area contributed by atoms with Crippen molar-refractivity contribution in [3.8, 4) is 77.9 Å². The normalized spacial score (nSPS) is 15.2. The van der Waals surface area contributed by atoms with Crippen molar-refractivity contribution in [1.82, 2.24) is 0 Å². The number of rotatable bonds is 9. The van der Waals surface area contributed by atoms with Crippen molar-refractivity contribution in [1.29, 1.82) is 0 Å². The summed E-state index contributed by atoms with van der Waals surface area (Å²) in [6.07, 6.45) is 2.00. The molecule has 0 saturated carbocycles. The van der Waals surface area contributed by atoms with E-state index in [1.807, 2.05) is 0 Å². The minimum absolute atomic E-state index is 0.0300. The van der Waals surface area contributed by atoms with Crippen molar-refractivity contribution in [2.45, 2.75) is 76.5 Å². The molecular formula is C72H60. The molecular weight excluding hydrogens is 865 g/mol. The van der Waals surface area contributed by atoms with Gasteiger partial charge in [-0.3, -0.25) is 0 Å². The third-order valence-corrected chi connectivity index (χ3v) is 17.2. The van der Waals surface area contributed by atoms with E-state index in [1.54, 1.807) is 0 Å². The molecule has 0 radical (unpaired) electrons. The molecule has 1 unspecified atom stereocenters. The average molecular weight is 925 g/mol. The van der Waals surface area contributed by atoms with Gasteiger partial charge in [-0.15, -0.1) is 0 Å². The Morgan fingerprint density at radius 2 is 0.597 bits per heavy atom. The van der Waals surface area contributed by atoms with E-state index in [0.29, 0.717) is 0 Å². The van der Waals surface area contributed by atoms with Crippen molar-refractivity contribution < 1.29 is 0 Å². The molecule has 0 bridgehead atoms.